The van der Waals surface area contributed by atoms with Crippen LogP contribution in [0.3, 0.4) is 0 Å². The Morgan fingerprint density at radius 1 is 0.958 bits per heavy atom. The molecule has 0 aliphatic carbocycles. The van der Waals surface area contributed by atoms with Crippen LogP contribution in [0.15, 0.2) is 48.0 Å². The number of carbonyl (C=O) groups is 3. The normalized spacial score (nSPS) is 15.6. The molecule has 10 nitrogen and oxygen atoms in total. The van der Waals surface area contributed by atoms with Gasteiger partial charge in [-0.25, -0.2) is 9.78 Å². The van der Waals surface area contributed by atoms with Crippen LogP contribution in [0, 0.1) is 12.8 Å². The van der Waals surface area contributed by atoms with E-state index in [0.29, 0.717) is 47.3 Å². The van der Waals surface area contributed by atoms with Crippen LogP contribution < -0.4 is 19.1 Å². The minimum absolute atomic E-state index is 0.119. The number of aryl methyl sites for hydroxylation is 1. The van der Waals surface area contributed by atoms with E-state index in [1.165, 1.54) is 12.0 Å². The van der Waals surface area contributed by atoms with Gasteiger partial charge in [0.05, 0.1) is 44.2 Å². The fraction of sp³-hybridized carbons (Fsp3) is 0.459. The van der Waals surface area contributed by atoms with Gasteiger partial charge >= 0.3 is 11.9 Å². The number of rotatable bonds is 17. The summed E-state index contributed by atoms with van der Waals surface area (Å²) >= 11 is 0.963. The summed E-state index contributed by atoms with van der Waals surface area (Å²) < 4.78 is 22.9. The molecule has 258 valence electrons. The quantitative estimate of drug-likeness (QED) is 0.0497. The Hall–Kier alpha value is -4.38. The maximum atomic E-state index is 13.8. The maximum absolute atomic E-state index is 13.8. The number of amides is 1. The van der Waals surface area contributed by atoms with E-state index >= 15 is 0 Å². The number of carbonyl (C=O) groups excluding carboxylic acids is 3. The molecule has 1 aromatic heterocycles. The van der Waals surface area contributed by atoms with Gasteiger partial charge in [0, 0.05) is 5.56 Å². The first kappa shape index (κ1) is 36.5. The van der Waals surface area contributed by atoms with Gasteiger partial charge in [-0.1, -0.05) is 70.8 Å². The average Bonchev–Trinajstić information content (AvgIpc) is 3.59. The number of Topliss-reactive ketones (excluding diaryl/α,β-unsaturated/α-hetero) is 1. The summed E-state index contributed by atoms with van der Waals surface area (Å²) in [6, 6.07) is 10.8. The van der Waals surface area contributed by atoms with Crippen LogP contribution in [0.5, 0.6) is 17.2 Å². The van der Waals surface area contributed by atoms with Crippen LogP contribution in [0.2, 0.25) is 0 Å². The molecule has 1 aliphatic rings. The molecule has 11 heteroatoms. The first-order valence-corrected chi connectivity index (χ1v) is 17.4. The van der Waals surface area contributed by atoms with Crippen LogP contribution in [-0.2, 0) is 14.3 Å². The molecule has 2 heterocycles. The predicted molar refractivity (Wildman–Crippen MR) is 186 cm³/mol. The first-order valence-electron chi connectivity index (χ1n) is 16.6. The Labute approximate surface area is 286 Å². The SMILES string of the molecule is CCCCCCOc1ccc([C@H]2C(=C(O)c3ccc(OCCCC)cc3)C(=O)C(=O)N2c2nc(C)c(C(=O)OCC(C)C)s2)cc1OC. The van der Waals surface area contributed by atoms with E-state index in [2.05, 4.69) is 18.8 Å². The molecule has 2 aromatic carbocycles. The van der Waals surface area contributed by atoms with Gasteiger partial charge in [-0.15, -0.1) is 0 Å². The summed E-state index contributed by atoms with van der Waals surface area (Å²) in [4.78, 5) is 46.5. The summed E-state index contributed by atoms with van der Waals surface area (Å²) in [5.74, 6) is -0.969. The number of benzene rings is 2. The van der Waals surface area contributed by atoms with Crippen LogP contribution in [0.1, 0.15) is 98.8 Å². The molecule has 1 fully saturated rings. The van der Waals surface area contributed by atoms with Gasteiger partial charge in [-0.3, -0.25) is 14.5 Å². The van der Waals surface area contributed by atoms with Gasteiger partial charge in [-0.05, 0) is 67.6 Å². The van der Waals surface area contributed by atoms with Crippen molar-refractivity contribution in [3.8, 4) is 17.2 Å². The molecule has 1 atom stereocenters. The highest BCUT2D eigenvalue weighted by Crippen LogP contribution is 2.45. The molecule has 4 rings (SSSR count). The number of unbranched alkanes of at least 4 members (excludes halogenated alkanes) is 4. The Bertz CT molecular complexity index is 1610. The highest BCUT2D eigenvalue weighted by molar-refractivity contribution is 7.17. The van der Waals surface area contributed by atoms with E-state index in [1.807, 2.05) is 13.8 Å². The summed E-state index contributed by atoms with van der Waals surface area (Å²) in [5, 5.41) is 11.8. The molecular weight excluding hydrogens is 632 g/mol. The van der Waals surface area contributed by atoms with E-state index in [4.69, 9.17) is 18.9 Å². The number of methoxy groups -OCH3 is 1. The van der Waals surface area contributed by atoms with Crippen molar-refractivity contribution in [3.63, 3.8) is 0 Å². The lowest BCUT2D eigenvalue weighted by Gasteiger charge is -2.24. The number of nitrogens with zero attached hydrogens (tertiary/aromatic N) is 2. The van der Waals surface area contributed by atoms with Gasteiger partial charge < -0.3 is 24.1 Å². The van der Waals surface area contributed by atoms with Crippen molar-refractivity contribution in [3.05, 3.63) is 69.7 Å². The van der Waals surface area contributed by atoms with Crippen molar-refractivity contribution >= 4 is 39.9 Å². The number of aliphatic hydroxyl groups excluding tert-OH is 1. The Kier molecular flexibility index (Phi) is 13.0. The van der Waals surface area contributed by atoms with Crippen LogP contribution in [0.4, 0.5) is 5.13 Å². The second kappa shape index (κ2) is 17.1. The van der Waals surface area contributed by atoms with E-state index in [-0.39, 0.29) is 33.9 Å². The number of anilines is 1. The van der Waals surface area contributed by atoms with Crippen molar-refractivity contribution in [1.82, 2.24) is 4.98 Å². The summed E-state index contributed by atoms with van der Waals surface area (Å²) in [7, 11) is 1.52. The molecule has 1 amide bonds. The number of ketones is 1. The van der Waals surface area contributed by atoms with Crippen LogP contribution >= 0.6 is 11.3 Å². The molecule has 48 heavy (non-hydrogen) atoms. The monoisotopic (exact) mass is 678 g/mol. The van der Waals surface area contributed by atoms with Gasteiger partial charge in [0.25, 0.3) is 5.78 Å². The van der Waals surface area contributed by atoms with Crippen molar-refractivity contribution in [2.24, 2.45) is 5.92 Å². The van der Waals surface area contributed by atoms with Gasteiger partial charge in [0.15, 0.2) is 16.6 Å². The number of thiazole rings is 1. The summed E-state index contributed by atoms with van der Waals surface area (Å²) in [5.41, 5.74) is 1.08. The van der Waals surface area contributed by atoms with Gasteiger partial charge in [0.1, 0.15) is 16.4 Å². The molecule has 1 N–H and O–H groups in total. The third-order valence-electron chi connectivity index (χ3n) is 7.82. The Morgan fingerprint density at radius 3 is 2.33 bits per heavy atom. The molecular formula is C37H46N2O8S. The molecule has 1 aliphatic heterocycles. The summed E-state index contributed by atoms with van der Waals surface area (Å²) in [6.45, 7) is 11.0. The number of aliphatic hydroxyl groups is 1. The maximum Gasteiger partial charge on any atom is 0.350 e. The van der Waals surface area contributed by atoms with Crippen molar-refractivity contribution in [1.29, 1.82) is 0 Å². The second-order valence-electron chi connectivity index (χ2n) is 12.1. The average molecular weight is 679 g/mol. The molecule has 0 spiro atoms. The molecule has 0 unspecified atom stereocenters. The van der Waals surface area contributed by atoms with Gasteiger partial charge in [0.2, 0.25) is 0 Å². The lowest BCUT2D eigenvalue weighted by atomic mass is 9.95. The zero-order valence-corrected chi connectivity index (χ0v) is 29.5. The minimum atomic E-state index is -1.08. The lowest BCUT2D eigenvalue weighted by molar-refractivity contribution is -0.132. The van der Waals surface area contributed by atoms with Gasteiger partial charge in [-0.2, -0.15) is 0 Å². The standard InChI is InChI=1S/C37H46N2O8S/c1-7-9-11-12-20-46-28-18-15-26(21-29(28)44-6)31-30(32(40)25-13-16-27(17-14-25)45-19-10-8-2)33(41)35(42)39(31)37-38-24(5)34(48-37)36(43)47-22-23(3)4/h13-18,21,23,31,40H,7-12,19-20,22H2,1-6H3/t31-/m0/s1. The summed E-state index contributed by atoms with van der Waals surface area (Å²) in [6.07, 6.45) is 6.09. The highest BCUT2D eigenvalue weighted by atomic mass is 32.1. The fourth-order valence-electron chi connectivity index (χ4n) is 5.21. The fourth-order valence-corrected chi connectivity index (χ4v) is 6.20. The number of ether oxygens (including phenoxy) is 4. The zero-order valence-electron chi connectivity index (χ0n) is 28.7. The number of hydrogen-bond acceptors (Lipinski definition) is 10. The van der Waals surface area contributed by atoms with E-state index < -0.39 is 23.7 Å². The van der Waals surface area contributed by atoms with E-state index in [1.54, 1.807) is 49.4 Å². The zero-order chi connectivity index (χ0) is 34.8. The smallest absolute Gasteiger partial charge is 0.350 e. The molecule has 3 aromatic rings. The van der Waals surface area contributed by atoms with E-state index in [0.717, 1.165) is 49.9 Å². The van der Waals surface area contributed by atoms with Crippen LogP contribution in [-0.4, -0.2) is 54.7 Å². The largest absolute Gasteiger partial charge is 0.507 e. The number of hydrogen-bond donors (Lipinski definition) is 1. The van der Waals surface area contributed by atoms with Crippen molar-refractivity contribution in [2.75, 3.05) is 31.8 Å². The Balaban J connectivity index is 1.78. The van der Waals surface area contributed by atoms with Crippen molar-refractivity contribution in [2.45, 2.75) is 79.2 Å². The highest BCUT2D eigenvalue weighted by Gasteiger charge is 2.48. The minimum Gasteiger partial charge on any atom is -0.507 e. The predicted octanol–water partition coefficient (Wildman–Crippen LogP) is 8.04. The molecule has 0 radical (unpaired) electrons. The van der Waals surface area contributed by atoms with E-state index in [9.17, 15) is 19.5 Å². The second-order valence-corrected chi connectivity index (χ2v) is 13.1. The molecule has 0 saturated carbocycles. The molecule has 1 saturated heterocycles. The first-order chi connectivity index (χ1) is 23.1. The number of aromatic nitrogens is 1. The number of esters is 1. The lowest BCUT2D eigenvalue weighted by Crippen LogP contribution is -2.29. The van der Waals surface area contributed by atoms with Crippen LogP contribution in [0.25, 0.3) is 5.76 Å². The Morgan fingerprint density at radius 2 is 1.67 bits per heavy atom. The van der Waals surface area contributed by atoms with Crippen molar-refractivity contribution < 1.29 is 38.4 Å². The third kappa shape index (κ3) is 8.55. The third-order valence-corrected chi connectivity index (χ3v) is 8.96. The topological polar surface area (TPSA) is 124 Å². The molecule has 0 bridgehead atoms.